The molecule has 3 aromatic rings. The summed E-state index contributed by atoms with van der Waals surface area (Å²) < 4.78 is 41.3. The molecule has 0 spiro atoms. The van der Waals surface area contributed by atoms with Crippen LogP contribution in [0.1, 0.15) is 34.6 Å². The van der Waals surface area contributed by atoms with Crippen LogP contribution in [0.5, 0.6) is 0 Å². The highest BCUT2D eigenvalue weighted by molar-refractivity contribution is 7.89. The second-order valence-corrected chi connectivity index (χ2v) is 10.0. The minimum Gasteiger partial charge on any atom is -0.346 e. The summed E-state index contributed by atoms with van der Waals surface area (Å²) in [6.07, 6.45) is 5.81. The summed E-state index contributed by atoms with van der Waals surface area (Å²) in [5.74, 6) is -1.35. The van der Waals surface area contributed by atoms with Crippen molar-refractivity contribution in [1.82, 2.24) is 19.6 Å². The summed E-state index contributed by atoms with van der Waals surface area (Å²) in [4.78, 5) is 20.6. The first kappa shape index (κ1) is 21.5. The van der Waals surface area contributed by atoms with Crippen LogP contribution in [-0.4, -0.2) is 41.7 Å². The molecule has 4 rings (SSSR count). The molecule has 3 heterocycles. The van der Waals surface area contributed by atoms with Crippen molar-refractivity contribution in [2.45, 2.75) is 30.7 Å². The summed E-state index contributed by atoms with van der Waals surface area (Å²) in [6, 6.07) is 7.11. The van der Waals surface area contributed by atoms with Gasteiger partial charge in [0.2, 0.25) is 10.0 Å². The minimum absolute atomic E-state index is 0.0860. The Morgan fingerprint density at radius 3 is 2.61 bits per heavy atom. The molecular weight excluding hydrogens is 439 g/mol. The second kappa shape index (κ2) is 9.21. The fraction of sp³-hybridized carbons (Fsp3) is 0.286. The first-order chi connectivity index (χ1) is 14.9. The summed E-state index contributed by atoms with van der Waals surface area (Å²) in [7, 11) is -3.98. The average molecular weight is 461 g/mol. The maximum Gasteiger partial charge on any atom is 0.251 e. The third-order valence-electron chi connectivity index (χ3n) is 5.05. The third kappa shape index (κ3) is 4.81. The van der Waals surface area contributed by atoms with Gasteiger partial charge in [0.25, 0.3) is 5.91 Å². The molecule has 0 saturated carbocycles. The lowest BCUT2D eigenvalue weighted by Crippen LogP contribution is -2.36. The lowest BCUT2D eigenvalue weighted by atomic mass is 10.2. The van der Waals surface area contributed by atoms with E-state index in [0.29, 0.717) is 18.1 Å². The summed E-state index contributed by atoms with van der Waals surface area (Å²) in [5.41, 5.74) is 1.80. The summed E-state index contributed by atoms with van der Waals surface area (Å²) >= 11 is 1.40. The number of piperidine rings is 1. The van der Waals surface area contributed by atoms with E-state index in [0.717, 1.165) is 42.7 Å². The van der Waals surface area contributed by atoms with Crippen LogP contribution < -0.4 is 5.32 Å². The van der Waals surface area contributed by atoms with Gasteiger partial charge in [0.15, 0.2) is 0 Å². The number of carbonyl (C=O) groups excluding carboxylic acids is 1. The number of amides is 1. The molecule has 0 radical (unpaired) electrons. The molecule has 0 unspecified atom stereocenters. The van der Waals surface area contributed by atoms with Gasteiger partial charge in [0, 0.05) is 42.0 Å². The highest BCUT2D eigenvalue weighted by Crippen LogP contribution is 2.24. The van der Waals surface area contributed by atoms with Crippen LogP contribution in [0.4, 0.5) is 4.39 Å². The van der Waals surface area contributed by atoms with Crippen molar-refractivity contribution in [2.75, 3.05) is 13.1 Å². The lowest BCUT2D eigenvalue weighted by Gasteiger charge is -2.26. The van der Waals surface area contributed by atoms with Crippen molar-refractivity contribution in [3.63, 3.8) is 0 Å². The van der Waals surface area contributed by atoms with Gasteiger partial charge in [-0.15, -0.1) is 11.3 Å². The average Bonchev–Trinajstić information content (AvgIpc) is 3.28. The van der Waals surface area contributed by atoms with Crippen LogP contribution in [0.25, 0.3) is 11.3 Å². The van der Waals surface area contributed by atoms with Gasteiger partial charge in [-0.1, -0.05) is 6.42 Å². The van der Waals surface area contributed by atoms with Crippen LogP contribution in [-0.2, 0) is 16.6 Å². The number of aromatic nitrogens is 2. The fourth-order valence-electron chi connectivity index (χ4n) is 3.39. The number of thiazole rings is 1. The van der Waals surface area contributed by atoms with Crippen molar-refractivity contribution in [3.05, 3.63) is 64.5 Å². The number of nitrogens with one attached hydrogen (secondary N) is 1. The number of hydrogen-bond donors (Lipinski definition) is 1. The summed E-state index contributed by atoms with van der Waals surface area (Å²) in [6.45, 7) is 0.907. The third-order valence-corrected chi connectivity index (χ3v) is 7.82. The zero-order valence-electron chi connectivity index (χ0n) is 16.6. The maximum atomic E-state index is 14.3. The van der Waals surface area contributed by atoms with Crippen molar-refractivity contribution < 1.29 is 17.6 Å². The molecule has 1 saturated heterocycles. The number of benzene rings is 1. The van der Waals surface area contributed by atoms with Crippen molar-refractivity contribution in [1.29, 1.82) is 0 Å². The highest BCUT2D eigenvalue weighted by atomic mass is 32.2. The van der Waals surface area contributed by atoms with Gasteiger partial charge in [-0.2, -0.15) is 4.31 Å². The Labute approximate surface area is 184 Å². The highest BCUT2D eigenvalue weighted by Gasteiger charge is 2.29. The number of hydrogen-bond acceptors (Lipinski definition) is 6. The van der Waals surface area contributed by atoms with Crippen LogP contribution in [0, 0.1) is 5.82 Å². The van der Waals surface area contributed by atoms with E-state index in [9.17, 15) is 17.6 Å². The molecule has 10 heteroatoms. The molecule has 7 nitrogen and oxygen atoms in total. The van der Waals surface area contributed by atoms with Gasteiger partial charge in [-0.05, 0) is 43.2 Å². The van der Waals surface area contributed by atoms with Crippen LogP contribution in [0.3, 0.4) is 0 Å². The molecule has 1 aliphatic heterocycles. The normalized spacial score (nSPS) is 15.0. The molecule has 0 atom stereocenters. The van der Waals surface area contributed by atoms with Crippen LogP contribution in [0.15, 0.2) is 53.0 Å². The quantitative estimate of drug-likeness (QED) is 0.608. The Kier molecular flexibility index (Phi) is 6.40. The Balaban J connectivity index is 1.47. The van der Waals surface area contributed by atoms with Crippen molar-refractivity contribution >= 4 is 27.3 Å². The number of rotatable bonds is 6. The van der Waals surface area contributed by atoms with E-state index in [1.54, 1.807) is 12.4 Å². The SMILES string of the molecule is O=C(NCc1nc(-c2ccncc2)cs1)c1ccc(F)c(S(=O)(=O)N2CCCCC2)c1. The second-order valence-electron chi connectivity index (χ2n) is 7.15. The van der Waals surface area contributed by atoms with Crippen LogP contribution >= 0.6 is 11.3 Å². The molecule has 31 heavy (non-hydrogen) atoms. The van der Waals surface area contributed by atoms with Crippen molar-refractivity contribution in [2.24, 2.45) is 0 Å². The lowest BCUT2D eigenvalue weighted by molar-refractivity contribution is 0.0950. The summed E-state index contributed by atoms with van der Waals surface area (Å²) in [5, 5.41) is 5.31. The zero-order chi connectivity index (χ0) is 21.8. The number of sulfonamides is 1. The predicted molar refractivity (Wildman–Crippen MR) is 116 cm³/mol. The standard InChI is InChI=1S/C21H21FN4O3S2/c22-17-5-4-16(12-19(17)31(28,29)26-10-2-1-3-11-26)21(27)24-13-20-25-18(14-30-20)15-6-8-23-9-7-15/h4-9,12,14H,1-3,10-11,13H2,(H,24,27). The molecule has 1 amide bonds. The van der Waals surface area contributed by atoms with E-state index in [1.807, 2.05) is 17.5 Å². The fourth-order valence-corrected chi connectivity index (χ4v) is 5.74. The van der Waals surface area contributed by atoms with Gasteiger partial charge in [0.1, 0.15) is 15.7 Å². The Bertz CT molecular complexity index is 1180. The molecule has 0 aliphatic carbocycles. The van der Waals surface area contributed by atoms with E-state index in [2.05, 4.69) is 15.3 Å². The smallest absolute Gasteiger partial charge is 0.251 e. The number of carbonyl (C=O) groups is 1. The molecule has 1 aliphatic rings. The Hall–Kier alpha value is -2.69. The topological polar surface area (TPSA) is 92.3 Å². The maximum absolute atomic E-state index is 14.3. The molecule has 1 fully saturated rings. The molecule has 1 N–H and O–H groups in total. The molecule has 2 aromatic heterocycles. The van der Waals surface area contributed by atoms with E-state index >= 15 is 0 Å². The predicted octanol–water partition coefficient (Wildman–Crippen LogP) is 3.45. The molecule has 162 valence electrons. The van der Waals surface area contributed by atoms with Gasteiger partial charge in [-0.25, -0.2) is 17.8 Å². The van der Waals surface area contributed by atoms with Gasteiger partial charge < -0.3 is 5.32 Å². The number of nitrogens with zero attached hydrogens (tertiary/aromatic N) is 3. The number of halogens is 1. The van der Waals surface area contributed by atoms with E-state index < -0.39 is 26.6 Å². The van der Waals surface area contributed by atoms with Gasteiger partial charge in [0.05, 0.1) is 12.2 Å². The van der Waals surface area contributed by atoms with Crippen molar-refractivity contribution in [3.8, 4) is 11.3 Å². The zero-order valence-corrected chi connectivity index (χ0v) is 18.3. The Morgan fingerprint density at radius 2 is 1.87 bits per heavy atom. The Morgan fingerprint density at radius 1 is 1.13 bits per heavy atom. The van der Waals surface area contributed by atoms with Gasteiger partial charge in [-0.3, -0.25) is 9.78 Å². The van der Waals surface area contributed by atoms with Crippen LogP contribution in [0.2, 0.25) is 0 Å². The first-order valence-corrected chi connectivity index (χ1v) is 12.2. The number of pyridine rings is 1. The largest absolute Gasteiger partial charge is 0.346 e. The van der Waals surface area contributed by atoms with E-state index in [4.69, 9.17) is 0 Å². The first-order valence-electron chi connectivity index (χ1n) is 9.88. The minimum atomic E-state index is -3.98. The van der Waals surface area contributed by atoms with E-state index in [-0.39, 0.29) is 12.1 Å². The van der Waals surface area contributed by atoms with Gasteiger partial charge >= 0.3 is 0 Å². The monoisotopic (exact) mass is 460 g/mol. The molecule has 1 aromatic carbocycles. The molecular formula is C21H21FN4O3S2. The molecule has 0 bridgehead atoms. The van der Waals surface area contributed by atoms with E-state index in [1.165, 1.54) is 21.7 Å².